The largest absolute Gasteiger partial charge is 0.445 e. The molecule has 2 aromatic rings. The third-order valence-electron chi connectivity index (χ3n) is 6.12. The quantitative estimate of drug-likeness (QED) is 0.208. The summed E-state index contributed by atoms with van der Waals surface area (Å²) in [5, 5.41) is 19.3. The van der Waals surface area contributed by atoms with Crippen LogP contribution in [0.4, 0.5) is 9.59 Å². The summed E-state index contributed by atoms with van der Waals surface area (Å²) in [7, 11) is 0. The fraction of sp³-hybridized carbons (Fsp3) is 0.467. The number of nitrogens with one attached hydrogen (secondary N) is 3. The van der Waals surface area contributed by atoms with Crippen molar-refractivity contribution in [3.63, 3.8) is 0 Å². The number of urea groups is 1. The van der Waals surface area contributed by atoms with Crippen molar-refractivity contribution in [3.8, 4) is 0 Å². The van der Waals surface area contributed by atoms with Gasteiger partial charge >= 0.3 is 12.1 Å². The fourth-order valence-electron chi connectivity index (χ4n) is 4.13. The highest BCUT2D eigenvalue weighted by atomic mass is 16.5. The molecule has 0 saturated carbocycles. The summed E-state index contributed by atoms with van der Waals surface area (Å²) < 4.78 is 5.20. The van der Waals surface area contributed by atoms with Crippen LogP contribution in [-0.4, -0.2) is 71.8 Å². The Balaban J connectivity index is 2.18. The van der Waals surface area contributed by atoms with Crippen molar-refractivity contribution in [2.75, 3.05) is 19.6 Å². The molecule has 11 nitrogen and oxygen atoms in total. The zero-order chi connectivity index (χ0) is 30.2. The zero-order valence-corrected chi connectivity index (χ0v) is 24.0. The van der Waals surface area contributed by atoms with Crippen LogP contribution in [0.25, 0.3) is 0 Å². The van der Waals surface area contributed by atoms with E-state index >= 15 is 0 Å². The van der Waals surface area contributed by atoms with Gasteiger partial charge in [-0.05, 0) is 29.9 Å². The lowest BCUT2D eigenvalue weighted by atomic mass is 9.99. The monoisotopic (exact) mass is 569 g/mol. The van der Waals surface area contributed by atoms with Crippen LogP contribution in [0.5, 0.6) is 0 Å². The smallest absolute Gasteiger partial charge is 0.408 e. The maximum atomic E-state index is 13.3. The highest BCUT2D eigenvalue weighted by Crippen LogP contribution is 2.11. The number of amides is 5. The molecule has 224 valence electrons. The molecule has 41 heavy (non-hydrogen) atoms. The second-order valence-corrected chi connectivity index (χ2v) is 10.3. The van der Waals surface area contributed by atoms with Crippen molar-refractivity contribution >= 4 is 23.9 Å². The maximum Gasteiger partial charge on any atom is 0.408 e. The maximum absolute atomic E-state index is 13.3. The average molecular weight is 570 g/mol. The molecule has 2 rings (SSSR count). The number of aliphatic hydroxyl groups is 1. The molecule has 6 N–H and O–H groups in total. The Labute approximate surface area is 241 Å². The number of nitrogens with zero attached hydrogens (tertiary/aromatic N) is 1. The molecule has 0 aliphatic rings. The van der Waals surface area contributed by atoms with Gasteiger partial charge in [0.15, 0.2) is 0 Å². The van der Waals surface area contributed by atoms with Crippen molar-refractivity contribution in [1.82, 2.24) is 20.9 Å². The lowest BCUT2D eigenvalue weighted by Crippen LogP contribution is -2.57. The van der Waals surface area contributed by atoms with E-state index in [0.29, 0.717) is 13.1 Å². The molecule has 0 aliphatic carbocycles. The average Bonchev–Trinajstić information content (AvgIpc) is 2.94. The standard InChI is InChI=1S/C30H43N5O6/c1-4-15-32-29(39)35(18-21(2)3)19-26(36)24(16-22-11-7-5-8-12-22)33-28(38)25(17-27(31)37)34-30(40)41-20-23-13-9-6-10-14-23/h5-14,21,24-26,36H,4,15-20H2,1-3H3,(H2,31,37)(H,32,39)(H,33,38)(H,34,40)/t24-,25-,26+/m0/s1. The molecule has 0 radical (unpaired) electrons. The van der Waals surface area contributed by atoms with Gasteiger partial charge in [0.25, 0.3) is 0 Å². The van der Waals surface area contributed by atoms with Crippen molar-refractivity contribution in [2.45, 2.75) is 64.8 Å². The van der Waals surface area contributed by atoms with Crippen molar-refractivity contribution in [1.29, 1.82) is 0 Å². The first kappa shape index (κ1) is 33.1. The molecule has 0 bridgehead atoms. The summed E-state index contributed by atoms with van der Waals surface area (Å²) in [4.78, 5) is 51.9. The van der Waals surface area contributed by atoms with Crippen LogP contribution in [0.1, 0.15) is 44.7 Å². The molecule has 0 unspecified atom stereocenters. The van der Waals surface area contributed by atoms with Crippen LogP contribution in [0.2, 0.25) is 0 Å². The number of rotatable bonds is 16. The SMILES string of the molecule is CCCNC(=O)N(CC(C)C)C[C@@H](O)[C@H](Cc1ccccc1)NC(=O)[C@H](CC(N)=O)NC(=O)OCc1ccccc1. The lowest BCUT2D eigenvalue weighted by Gasteiger charge is -2.32. The molecule has 0 aliphatic heterocycles. The first-order valence-corrected chi connectivity index (χ1v) is 13.9. The highest BCUT2D eigenvalue weighted by Gasteiger charge is 2.30. The van der Waals surface area contributed by atoms with Crippen LogP contribution in [0.3, 0.4) is 0 Å². The van der Waals surface area contributed by atoms with E-state index < -0.39 is 42.5 Å². The second kappa shape index (κ2) is 17.5. The molecule has 0 fully saturated rings. The number of benzene rings is 2. The Hall–Kier alpha value is -4.12. The van der Waals surface area contributed by atoms with Gasteiger partial charge in [-0.1, -0.05) is 81.4 Å². The Bertz CT molecular complexity index is 1100. The predicted molar refractivity (Wildman–Crippen MR) is 156 cm³/mol. The topological polar surface area (TPSA) is 163 Å². The second-order valence-electron chi connectivity index (χ2n) is 10.3. The molecular weight excluding hydrogens is 526 g/mol. The van der Waals surface area contributed by atoms with E-state index in [4.69, 9.17) is 10.5 Å². The Morgan fingerprint density at radius 3 is 2.10 bits per heavy atom. The molecular formula is C30H43N5O6. The van der Waals surface area contributed by atoms with E-state index in [1.54, 1.807) is 24.3 Å². The van der Waals surface area contributed by atoms with E-state index in [9.17, 15) is 24.3 Å². The summed E-state index contributed by atoms with van der Waals surface area (Å²) in [5.41, 5.74) is 6.95. The van der Waals surface area contributed by atoms with Crippen LogP contribution in [-0.2, 0) is 27.4 Å². The normalized spacial score (nSPS) is 13.0. The van der Waals surface area contributed by atoms with E-state index in [2.05, 4.69) is 16.0 Å². The summed E-state index contributed by atoms with van der Waals surface area (Å²) in [6.07, 6.45) is -1.53. The summed E-state index contributed by atoms with van der Waals surface area (Å²) in [5.74, 6) is -1.38. The minimum atomic E-state index is -1.33. The van der Waals surface area contributed by atoms with E-state index in [1.165, 1.54) is 4.90 Å². The fourth-order valence-corrected chi connectivity index (χ4v) is 4.13. The van der Waals surface area contributed by atoms with Gasteiger partial charge in [-0.25, -0.2) is 9.59 Å². The van der Waals surface area contributed by atoms with E-state index in [0.717, 1.165) is 17.5 Å². The van der Waals surface area contributed by atoms with Gasteiger partial charge in [-0.2, -0.15) is 0 Å². The van der Waals surface area contributed by atoms with Crippen molar-refractivity contribution in [2.24, 2.45) is 11.7 Å². The van der Waals surface area contributed by atoms with Gasteiger partial charge in [0, 0.05) is 13.1 Å². The van der Waals surface area contributed by atoms with Crippen molar-refractivity contribution < 1.29 is 29.0 Å². The molecule has 2 aromatic carbocycles. The Kier molecular flexibility index (Phi) is 14.2. The number of carbonyl (C=O) groups is 4. The van der Waals surface area contributed by atoms with Gasteiger partial charge < -0.3 is 36.4 Å². The first-order valence-electron chi connectivity index (χ1n) is 13.9. The lowest BCUT2D eigenvalue weighted by molar-refractivity contribution is -0.128. The van der Waals surface area contributed by atoms with Gasteiger partial charge in [0.1, 0.15) is 12.6 Å². The van der Waals surface area contributed by atoms with Crippen molar-refractivity contribution in [3.05, 3.63) is 71.8 Å². The molecule has 0 saturated heterocycles. The first-order chi connectivity index (χ1) is 19.6. The van der Waals surface area contributed by atoms with Gasteiger partial charge in [-0.15, -0.1) is 0 Å². The number of hydrogen-bond donors (Lipinski definition) is 5. The minimum absolute atomic E-state index is 0.0291. The molecule has 11 heteroatoms. The molecule has 0 aromatic heterocycles. The molecule has 0 spiro atoms. The Morgan fingerprint density at radius 1 is 0.927 bits per heavy atom. The number of nitrogens with two attached hydrogens (primary N) is 1. The highest BCUT2D eigenvalue weighted by molar-refractivity contribution is 5.90. The Morgan fingerprint density at radius 2 is 1.54 bits per heavy atom. The minimum Gasteiger partial charge on any atom is -0.445 e. The zero-order valence-electron chi connectivity index (χ0n) is 24.0. The number of alkyl carbamates (subject to hydrolysis) is 1. The summed E-state index contributed by atoms with van der Waals surface area (Å²) >= 11 is 0. The number of carbonyl (C=O) groups excluding carboxylic acids is 4. The molecule has 5 amide bonds. The van der Waals surface area contributed by atoms with Crippen LogP contribution in [0.15, 0.2) is 60.7 Å². The van der Waals surface area contributed by atoms with E-state index in [-0.39, 0.29) is 31.5 Å². The summed E-state index contributed by atoms with van der Waals surface area (Å²) in [6.45, 7) is 6.70. The third kappa shape index (κ3) is 12.7. The third-order valence-corrected chi connectivity index (χ3v) is 6.12. The molecule has 3 atom stereocenters. The van der Waals surface area contributed by atoms with Crippen LogP contribution < -0.4 is 21.7 Å². The summed E-state index contributed by atoms with van der Waals surface area (Å²) in [6, 6.07) is 15.7. The van der Waals surface area contributed by atoms with Gasteiger partial charge in [0.2, 0.25) is 11.8 Å². The van der Waals surface area contributed by atoms with E-state index in [1.807, 2.05) is 57.2 Å². The number of hydrogen-bond acceptors (Lipinski definition) is 6. The van der Waals surface area contributed by atoms with Gasteiger partial charge in [-0.3, -0.25) is 9.59 Å². The number of aliphatic hydroxyl groups excluding tert-OH is 1. The number of primary amides is 1. The molecule has 0 heterocycles. The number of ether oxygens (including phenoxy) is 1. The predicted octanol–water partition coefficient (Wildman–Crippen LogP) is 2.32. The van der Waals surface area contributed by atoms with Crippen LogP contribution in [0, 0.1) is 5.92 Å². The van der Waals surface area contributed by atoms with Crippen LogP contribution >= 0.6 is 0 Å². The van der Waals surface area contributed by atoms with Gasteiger partial charge in [0.05, 0.1) is 25.1 Å².